The Kier molecular flexibility index (Phi) is 15.0. The number of fused-ring (bicyclic) bond motifs is 4. The zero-order valence-corrected chi connectivity index (χ0v) is 47.1. The molecule has 4 N–H and O–H groups in total. The van der Waals surface area contributed by atoms with E-state index in [1.54, 1.807) is 29.7 Å². The maximum Gasteiger partial charge on any atom is 0.319 e. The number of amides is 2. The molecule has 2 bridgehead atoms. The van der Waals surface area contributed by atoms with Crippen LogP contribution in [0.3, 0.4) is 0 Å². The van der Waals surface area contributed by atoms with Gasteiger partial charge in [-0.05, 0) is 85.7 Å². The molecule has 2 amide bonds. The van der Waals surface area contributed by atoms with Gasteiger partial charge in [0.15, 0.2) is 17.4 Å². The molecule has 80 heavy (non-hydrogen) atoms. The Bertz CT molecular complexity index is 3410. The third-order valence-corrected chi connectivity index (χ3v) is 18.3. The number of rotatable bonds is 16. The van der Waals surface area contributed by atoms with Crippen LogP contribution in [-0.4, -0.2) is 165 Å². The molecule has 420 valence electrons. The molecule has 0 saturated carbocycles. The minimum Gasteiger partial charge on any atom is -0.508 e. The van der Waals surface area contributed by atoms with Crippen molar-refractivity contribution in [3.8, 4) is 33.5 Å². The Morgan fingerprint density at radius 1 is 0.963 bits per heavy atom. The molecule has 5 saturated heterocycles. The number of nitrogens with zero attached hydrogens (tertiary/aromatic N) is 10. The summed E-state index contributed by atoms with van der Waals surface area (Å²) in [5, 5.41) is 35.1. The number of aliphatic hydroxyl groups is 1. The van der Waals surface area contributed by atoms with E-state index in [4.69, 9.17) is 24.2 Å². The maximum atomic E-state index is 17.3. The Balaban J connectivity index is 0.689. The first-order valence-electron chi connectivity index (χ1n) is 28.3. The van der Waals surface area contributed by atoms with Gasteiger partial charge in [-0.25, -0.2) is 9.37 Å². The molecule has 7 aromatic rings. The molecule has 3 aromatic carbocycles. The zero-order chi connectivity index (χ0) is 55.5. The summed E-state index contributed by atoms with van der Waals surface area (Å²) >= 11 is 1.59. The van der Waals surface area contributed by atoms with Crippen molar-refractivity contribution in [2.24, 2.45) is 11.8 Å². The Labute approximate surface area is 469 Å². The van der Waals surface area contributed by atoms with Crippen LogP contribution in [0.25, 0.3) is 43.4 Å². The number of aromatic hydroxyl groups is 1. The number of benzene rings is 3. The summed E-state index contributed by atoms with van der Waals surface area (Å²) in [6, 6.07) is 18.7. The summed E-state index contributed by atoms with van der Waals surface area (Å²) < 4.78 is 29.8. The van der Waals surface area contributed by atoms with E-state index in [-0.39, 0.29) is 65.8 Å². The van der Waals surface area contributed by atoms with Crippen molar-refractivity contribution in [3.05, 3.63) is 101 Å². The van der Waals surface area contributed by atoms with Crippen LogP contribution in [0.1, 0.15) is 81.5 Å². The number of likely N-dealkylation sites (tertiary alicyclic amines) is 1. The van der Waals surface area contributed by atoms with E-state index in [2.05, 4.69) is 54.3 Å². The van der Waals surface area contributed by atoms with E-state index in [9.17, 15) is 19.8 Å². The first kappa shape index (κ1) is 53.8. The zero-order valence-electron chi connectivity index (χ0n) is 46.3. The van der Waals surface area contributed by atoms with Gasteiger partial charge in [-0.2, -0.15) is 9.97 Å². The van der Waals surface area contributed by atoms with Gasteiger partial charge >= 0.3 is 6.01 Å². The third-order valence-electron chi connectivity index (χ3n) is 17.3. The van der Waals surface area contributed by atoms with Crippen molar-refractivity contribution in [3.63, 3.8) is 0 Å². The highest BCUT2D eigenvalue weighted by Gasteiger charge is 2.44. The predicted octanol–water partition coefficient (Wildman–Crippen LogP) is 7.32. The molecule has 12 rings (SSSR count). The molecular weight excluding hydrogens is 1040 g/mol. The standard InChI is InChI=1S/C60H71FN12O6S/c1-7-37-9-8-10-40-19-44(74)20-46(52(37)40)54-53(61)55-47(23-62-54)57(72-27-41-15-16-42(28-72)65-41)67-60(66-55)78-31-43-29-70(18-17-69(43)6)24-36-25-71(26-36)50-22-49(79-68-50)51(33(2)3)59(77)73-30-45(75)21-48(73)58(76)64-34(4)38-11-13-39(14-12-38)56-35(5)63-32-80-56/h8-14,19-20,22-23,32-34,36,41-43,45,48,51,65,74-75H,7,15-18,21,24-31H2,1-6H3,(H,64,76)/t34?,41?,42?,43-,45+,48-,51?/m0/s1. The number of aryl methyl sites for hydroxylation is 2. The van der Waals surface area contributed by atoms with Crippen LogP contribution in [-0.2, 0) is 16.0 Å². The summed E-state index contributed by atoms with van der Waals surface area (Å²) in [6.07, 6.45) is 3.87. The number of phenolic OH excluding ortho intramolecular Hbond substituents is 1. The number of aromatic nitrogens is 5. The number of ether oxygens (including phenoxy) is 1. The van der Waals surface area contributed by atoms with Crippen molar-refractivity contribution in [2.75, 3.05) is 82.4 Å². The van der Waals surface area contributed by atoms with Gasteiger partial charge in [-0.1, -0.05) is 68.4 Å². The second-order valence-corrected chi connectivity index (χ2v) is 24.1. The van der Waals surface area contributed by atoms with Crippen molar-refractivity contribution in [1.29, 1.82) is 0 Å². The molecule has 0 aliphatic carbocycles. The monoisotopic (exact) mass is 1110 g/mol. The highest BCUT2D eigenvalue weighted by molar-refractivity contribution is 7.13. The molecule has 0 radical (unpaired) electrons. The normalized spacial score (nSPS) is 22.6. The minimum absolute atomic E-state index is 0.0210. The number of carbonyl (C=O) groups is 2. The average Bonchev–Trinajstić information content (AvgIpc) is 4.29. The van der Waals surface area contributed by atoms with Gasteiger partial charge in [-0.15, -0.1) is 11.3 Å². The van der Waals surface area contributed by atoms with Crippen LogP contribution in [0.15, 0.2) is 76.9 Å². The fourth-order valence-electron chi connectivity index (χ4n) is 12.9. The smallest absolute Gasteiger partial charge is 0.319 e. The molecule has 7 atom stereocenters. The largest absolute Gasteiger partial charge is 0.508 e. The number of halogens is 1. The van der Waals surface area contributed by atoms with E-state index in [0.29, 0.717) is 53.0 Å². The summed E-state index contributed by atoms with van der Waals surface area (Å²) in [7, 11) is 2.10. The highest BCUT2D eigenvalue weighted by atomic mass is 32.1. The fourth-order valence-corrected chi connectivity index (χ4v) is 13.7. The lowest BCUT2D eigenvalue weighted by atomic mass is 9.91. The minimum atomic E-state index is -0.832. The number of likely N-dealkylation sites (N-methyl/N-ethyl adjacent to an activating group) is 1. The second kappa shape index (κ2) is 22.2. The number of nitrogens with one attached hydrogen (secondary N) is 2. The van der Waals surface area contributed by atoms with Crippen LogP contribution >= 0.6 is 11.3 Å². The van der Waals surface area contributed by atoms with Gasteiger partial charge in [0.2, 0.25) is 11.8 Å². The molecule has 20 heteroatoms. The number of anilines is 2. The Hall–Kier alpha value is -6.84. The van der Waals surface area contributed by atoms with Crippen LogP contribution < -0.4 is 25.2 Å². The van der Waals surface area contributed by atoms with Gasteiger partial charge in [0.25, 0.3) is 0 Å². The van der Waals surface area contributed by atoms with Crippen molar-refractivity contribution >= 4 is 56.5 Å². The lowest BCUT2D eigenvalue weighted by molar-refractivity contribution is -0.141. The summed E-state index contributed by atoms with van der Waals surface area (Å²) in [5.74, 6) is 0.103. The number of thiazole rings is 1. The van der Waals surface area contributed by atoms with Crippen LogP contribution in [0.5, 0.6) is 11.8 Å². The Morgan fingerprint density at radius 2 is 1.75 bits per heavy atom. The third kappa shape index (κ3) is 10.6. The van der Waals surface area contributed by atoms with Crippen LogP contribution in [0.2, 0.25) is 0 Å². The highest BCUT2D eigenvalue weighted by Crippen LogP contribution is 2.40. The molecule has 9 heterocycles. The molecule has 4 unspecified atom stereocenters. The lowest BCUT2D eigenvalue weighted by Crippen LogP contribution is -2.58. The first-order valence-corrected chi connectivity index (χ1v) is 29.2. The molecule has 5 aliphatic rings. The van der Waals surface area contributed by atoms with E-state index < -0.39 is 23.9 Å². The van der Waals surface area contributed by atoms with E-state index in [1.807, 2.05) is 81.7 Å². The average molecular weight is 1110 g/mol. The molecule has 4 aromatic heterocycles. The van der Waals surface area contributed by atoms with E-state index in [1.165, 1.54) is 4.90 Å². The number of phenols is 1. The fraction of sp³-hybridized carbons (Fsp3) is 0.483. The molecule has 5 fully saturated rings. The molecule has 18 nitrogen and oxygen atoms in total. The summed E-state index contributed by atoms with van der Waals surface area (Å²) in [5.41, 5.74) is 6.61. The number of β-amino-alcohol motifs (C(OH)–C–C–N with tert-alkyl or cyclic N) is 1. The number of aliphatic hydroxyl groups excluding tert-OH is 1. The molecular formula is C60H71FN12O6S. The van der Waals surface area contributed by atoms with Gasteiger partial charge in [0.1, 0.15) is 41.3 Å². The number of piperazine rings is 2. The van der Waals surface area contributed by atoms with Gasteiger partial charge in [0.05, 0.1) is 39.7 Å². The first-order chi connectivity index (χ1) is 38.7. The van der Waals surface area contributed by atoms with Crippen molar-refractivity contribution in [2.45, 2.75) is 103 Å². The van der Waals surface area contributed by atoms with Crippen molar-refractivity contribution in [1.82, 2.24) is 50.4 Å². The quantitative estimate of drug-likeness (QED) is 0.0749. The number of hydrogen-bond acceptors (Lipinski definition) is 17. The van der Waals surface area contributed by atoms with Gasteiger partial charge in [-0.3, -0.25) is 24.4 Å². The maximum absolute atomic E-state index is 17.3. The van der Waals surface area contributed by atoms with Crippen LogP contribution in [0, 0.1) is 24.6 Å². The van der Waals surface area contributed by atoms with Crippen molar-refractivity contribution < 1.29 is 33.5 Å². The van der Waals surface area contributed by atoms with Gasteiger partial charge < -0.3 is 44.8 Å². The second-order valence-electron chi connectivity index (χ2n) is 23.2. The van der Waals surface area contributed by atoms with E-state index >= 15 is 4.39 Å². The predicted molar refractivity (Wildman–Crippen MR) is 307 cm³/mol. The topological polar surface area (TPSA) is 202 Å². The SMILES string of the molecule is CCc1cccc2cc(O)cc(-c3ncc4c(N5CC6CCC(C5)N6)nc(OC[C@@H]5CN(CC6CN(c7cc(C(C(=O)N8C[C@H](O)C[C@H]8C(=O)NC(C)c8ccc(-c9scnc9C)cc8)C(C)C)on7)C6)CCN5C)nc4c3F)c12. The number of carbonyl (C=O) groups excluding carboxylic acids is 2. The van der Waals surface area contributed by atoms with Crippen LogP contribution in [0.4, 0.5) is 16.0 Å². The Morgan fingerprint density at radius 3 is 2.49 bits per heavy atom. The molecule has 0 spiro atoms. The van der Waals surface area contributed by atoms with E-state index in [0.717, 1.165) is 110 Å². The number of pyridine rings is 1. The van der Waals surface area contributed by atoms with Gasteiger partial charge in [0, 0.05) is 101 Å². The lowest BCUT2D eigenvalue weighted by Gasteiger charge is -2.45. The summed E-state index contributed by atoms with van der Waals surface area (Å²) in [6.45, 7) is 16.6. The number of hydrogen-bond donors (Lipinski definition) is 4. The molecule has 5 aliphatic heterocycles. The summed E-state index contributed by atoms with van der Waals surface area (Å²) in [4.78, 5) is 59.0.